The fourth-order valence-corrected chi connectivity index (χ4v) is 2.96. The molecule has 0 aliphatic carbocycles. The molecule has 27 heavy (non-hydrogen) atoms. The van der Waals surface area contributed by atoms with Crippen LogP contribution in [0.15, 0.2) is 77.3 Å². The fraction of sp³-hybridized carbons (Fsp3) is 0.0476. The summed E-state index contributed by atoms with van der Waals surface area (Å²) in [6, 6.07) is 21.5. The second-order valence-corrected chi connectivity index (χ2v) is 6.58. The molecule has 0 unspecified atom stereocenters. The summed E-state index contributed by atoms with van der Waals surface area (Å²) in [5.74, 6) is -0.789. The summed E-state index contributed by atoms with van der Waals surface area (Å²) in [5, 5.41) is 11.5. The Hall–Kier alpha value is -3.12. The predicted molar refractivity (Wildman–Crippen MR) is 107 cm³/mol. The molecule has 3 aromatic carbocycles. The van der Waals surface area contributed by atoms with Crippen molar-refractivity contribution in [2.45, 2.75) is 0 Å². The largest absolute Gasteiger partial charge is 0.483 e. The zero-order valence-corrected chi connectivity index (χ0v) is 15.8. The van der Waals surface area contributed by atoms with E-state index in [4.69, 9.17) is 9.84 Å². The first-order chi connectivity index (χ1) is 13.0. The highest BCUT2D eigenvalue weighted by Crippen LogP contribution is 2.30. The molecule has 6 heteroatoms. The normalized spacial score (nSPS) is 10.3. The molecule has 3 aromatic rings. The lowest BCUT2D eigenvalue weighted by Crippen LogP contribution is -2.20. The molecule has 0 saturated heterocycles. The number of rotatable bonds is 6. The third-order valence-electron chi connectivity index (χ3n) is 3.81. The van der Waals surface area contributed by atoms with E-state index in [1.807, 2.05) is 42.5 Å². The molecule has 0 aliphatic rings. The van der Waals surface area contributed by atoms with E-state index < -0.39 is 5.97 Å². The van der Waals surface area contributed by atoms with Crippen molar-refractivity contribution >= 4 is 33.5 Å². The molecule has 0 bridgehead atoms. The van der Waals surface area contributed by atoms with Gasteiger partial charge in [0.2, 0.25) is 0 Å². The number of aromatic carboxylic acids is 1. The van der Waals surface area contributed by atoms with Crippen molar-refractivity contribution in [3.63, 3.8) is 0 Å². The second kappa shape index (κ2) is 8.51. The highest BCUT2D eigenvalue weighted by Gasteiger charge is 2.09. The van der Waals surface area contributed by atoms with Gasteiger partial charge in [-0.2, -0.15) is 0 Å². The van der Waals surface area contributed by atoms with Crippen molar-refractivity contribution in [2.75, 3.05) is 11.9 Å². The fourth-order valence-electron chi connectivity index (χ4n) is 2.46. The van der Waals surface area contributed by atoms with Crippen LogP contribution in [0, 0.1) is 0 Å². The average molecular weight is 426 g/mol. The van der Waals surface area contributed by atoms with Gasteiger partial charge in [0.05, 0.1) is 10.0 Å². The molecule has 0 saturated carbocycles. The van der Waals surface area contributed by atoms with Gasteiger partial charge in [0.15, 0.2) is 6.61 Å². The molecular weight excluding hydrogens is 410 g/mol. The van der Waals surface area contributed by atoms with Crippen molar-refractivity contribution in [3.05, 3.63) is 82.8 Å². The monoisotopic (exact) mass is 425 g/mol. The number of anilines is 1. The Bertz CT molecular complexity index is 956. The molecule has 0 spiro atoms. The molecular formula is C21H16BrNO4. The maximum Gasteiger partial charge on any atom is 0.335 e. The molecule has 136 valence electrons. The van der Waals surface area contributed by atoms with E-state index >= 15 is 0 Å². The van der Waals surface area contributed by atoms with E-state index in [-0.39, 0.29) is 18.1 Å². The Labute approximate surface area is 164 Å². The Morgan fingerprint density at radius 1 is 0.926 bits per heavy atom. The summed E-state index contributed by atoms with van der Waals surface area (Å²) in [6.45, 7) is -0.163. The van der Waals surface area contributed by atoms with Crippen molar-refractivity contribution in [3.8, 4) is 16.9 Å². The topological polar surface area (TPSA) is 75.6 Å². The van der Waals surface area contributed by atoms with Crippen LogP contribution in [0.2, 0.25) is 0 Å². The number of amides is 1. The second-order valence-electron chi connectivity index (χ2n) is 5.73. The highest BCUT2D eigenvalue weighted by molar-refractivity contribution is 9.10. The Morgan fingerprint density at radius 3 is 2.26 bits per heavy atom. The first-order valence-electron chi connectivity index (χ1n) is 8.14. The Kier molecular flexibility index (Phi) is 5.88. The summed E-state index contributed by atoms with van der Waals surface area (Å²) >= 11 is 3.47. The average Bonchev–Trinajstić information content (AvgIpc) is 2.68. The number of carboxylic acid groups (broad SMARTS) is 1. The SMILES string of the molecule is O=C(COc1ccc(-c2ccccc2)cc1Br)Nc1ccc(C(=O)O)cc1. The van der Waals surface area contributed by atoms with E-state index in [1.165, 1.54) is 24.3 Å². The van der Waals surface area contributed by atoms with Gasteiger partial charge in [-0.1, -0.05) is 36.4 Å². The van der Waals surface area contributed by atoms with Gasteiger partial charge in [0.1, 0.15) is 5.75 Å². The van der Waals surface area contributed by atoms with Crippen molar-refractivity contribution in [2.24, 2.45) is 0 Å². The van der Waals surface area contributed by atoms with E-state index in [0.717, 1.165) is 15.6 Å². The quantitative estimate of drug-likeness (QED) is 0.592. The molecule has 5 nitrogen and oxygen atoms in total. The summed E-state index contributed by atoms with van der Waals surface area (Å²) < 4.78 is 6.32. The molecule has 0 aliphatic heterocycles. The van der Waals surface area contributed by atoms with E-state index in [1.54, 1.807) is 6.07 Å². The van der Waals surface area contributed by atoms with Crippen molar-refractivity contribution in [1.82, 2.24) is 0 Å². The first kappa shape index (κ1) is 18.7. The number of hydrogen-bond acceptors (Lipinski definition) is 3. The van der Waals surface area contributed by atoms with Crippen LogP contribution in [0.25, 0.3) is 11.1 Å². The Balaban J connectivity index is 1.59. The van der Waals surface area contributed by atoms with Gasteiger partial charge in [-0.05, 0) is 63.5 Å². The lowest BCUT2D eigenvalue weighted by molar-refractivity contribution is -0.118. The van der Waals surface area contributed by atoms with Gasteiger partial charge in [-0.15, -0.1) is 0 Å². The Morgan fingerprint density at radius 2 is 1.63 bits per heavy atom. The molecule has 0 heterocycles. The van der Waals surface area contributed by atoms with Crippen LogP contribution < -0.4 is 10.1 Å². The zero-order chi connectivity index (χ0) is 19.2. The first-order valence-corrected chi connectivity index (χ1v) is 8.93. The van der Waals surface area contributed by atoms with Crippen LogP contribution in [-0.2, 0) is 4.79 Å². The number of halogens is 1. The summed E-state index contributed by atoms with van der Waals surface area (Å²) in [4.78, 5) is 22.9. The summed E-state index contributed by atoms with van der Waals surface area (Å²) in [7, 11) is 0. The number of carbonyl (C=O) groups excluding carboxylic acids is 1. The van der Waals surface area contributed by atoms with E-state index in [9.17, 15) is 9.59 Å². The van der Waals surface area contributed by atoms with Crippen LogP contribution in [0.5, 0.6) is 5.75 Å². The molecule has 2 N–H and O–H groups in total. The van der Waals surface area contributed by atoms with Crippen LogP contribution in [0.3, 0.4) is 0 Å². The minimum Gasteiger partial charge on any atom is -0.483 e. The van der Waals surface area contributed by atoms with Gasteiger partial charge < -0.3 is 15.2 Å². The lowest BCUT2D eigenvalue weighted by atomic mass is 10.1. The number of carbonyl (C=O) groups is 2. The zero-order valence-electron chi connectivity index (χ0n) is 14.2. The summed E-state index contributed by atoms with van der Waals surface area (Å²) in [6.07, 6.45) is 0. The van der Waals surface area contributed by atoms with E-state index in [2.05, 4.69) is 21.2 Å². The van der Waals surface area contributed by atoms with Gasteiger partial charge in [-0.3, -0.25) is 4.79 Å². The maximum absolute atomic E-state index is 12.0. The van der Waals surface area contributed by atoms with Gasteiger partial charge in [0.25, 0.3) is 5.91 Å². The van der Waals surface area contributed by atoms with Crippen LogP contribution >= 0.6 is 15.9 Å². The minimum atomic E-state index is -1.01. The number of hydrogen-bond donors (Lipinski definition) is 2. The minimum absolute atomic E-state index is 0.159. The molecule has 0 aromatic heterocycles. The number of nitrogens with one attached hydrogen (secondary N) is 1. The number of benzene rings is 3. The van der Waals surface area contributed by atoms with Crippen LogP contribution in [0.4, 0.5) is 5.69 Å². The molecule has 0 atom stereocenters. The van der Waals surface area contributed by atoms with Crippen molar-refractivity contribution in [1.29, 1.82) is 0 Å². The van der Waals surface area contributed by atoms with Crippen LogP contribution in [0.1, 0.15) is 10.4 Å². The van der Waals surface area contributed by atoms with Gasteiger partial charge >= 0.3 is 5.97 Å². The third-order valence-corrected chi connectivity index (χ3v) is 4.43. The molecule has 0 fully saturated rings. The molecule has 0 radical (unpaired) electrons. The third kappa shape index (κ3) is 4.95. The van der Waals surface area contributed by atoms with Crippen LogP contribution in [-0.4, -0.2) is 23.6 Å². The van der Waals surface area contributed by atoms with E-state index in [0.29, 0.717) is 11.4 Å². The maximum atomic E-state index is 12.0. The number of carboxylic acids is 1. The molecule has 1 amide bonds. The van der Waals surface area contributed by atoms with Gasteiger partial charge in [0, 0.05) is 5.69 Å². The predicted octanol–water partition coefficient (Wildman–Crippen LogP) is 4.83. The highest BCUT2D eigenvalue weighted by atomic mass is 79.9. The molecule has 3 rings (SSSR count). The van der Waals surface area contributed by atoms with Crippen molar-refractivity contribution < 1.29 is 19.4 Å². The smallest absolute Gasteiger partial charge is 0.335 e. The number of ether oxygens (including phenoxy) is 1. The summed E-state index contributed by atoms with van der Waals surface area (Å²) in [5.41, 5.74) is 2.80. The lowest BCUT2D eigenvalue weighted by Gasteiger charge is -2.10. The van der Waals surface area contributed by atoms with Gasteiger partial charge in [-0.25, -0.2) is 4.79 Å². The standard InChI is InChI=1S/C21H16BrNO4/c22-18-12-16(14-4-2-1-3-5-14)8-11-19(18)27-13-20(24)23-17-9-6-15(7-10-17)21(25)26/h1-12H,13H2,(H,23,24)(H,25,26).